The fourth-order valence-electron chi connectivity index (χ4n) is 2.90. The fourth-order valence-corrected chi connectivity index (χ4v) is 2.90. The maximum Gasteiger partial charge on any atom is 0.246 e. The lowest BCUT2D eigenvalue weighted by Crippen LogP contribution is -2.33. The number of ether oxygens (including phenoxy) is 2. The van der Waals surface area contributed by atoms with Crippen molar-refractivity contribution < 1.29 is 14.3 Å². The van der Waals surface area contributed by atoms with E-state index in [2.05, 4.69) is 6.92 Å². The number of fused-ring (bicyclic) bond motifs is 1. The molecule has 2 N–H and O–H groups in total. The average Bonchev–Trinajstić information content (AvgIpc) is 3.10. The van der Waals surface area contributed by atoms with Gasteiger partial charge in [-0.25, -0.2) is 0 Å². The summed E-state index contributed by atoms with van der Waals surface area (Å²) in [6.07, 6.45) is 4.42. The van der Waals surface area contributed by atoms with Gasteiger partial charge in [-0.2, -0.15) is 0 Å². The van der Waals surface area contributed by atoms with Crippen LogP contribution in [0.2, 0.25) is 0 Å². The van der Waals surface area contributed by atoms with Crippen molar-refractivity contribution in [2.75, 3.05) is 19.9 Å². The molecule has 5 heteroatoms. The third kappa shape index (κ3) is 2.88. The summed E-state index contributed by atoms with van der Waals surface area (Å²) in [5, 5.41) is 0. The Kier molecular flexibility index (Phi) is 3.84. The van der Waals surface area contributed by atoms with Gasteiger partial charge < -0.3 is 20.1 Å². The van der Waals surface area contributed by atoms with Gasteiger partial charge in [0.15, 0.2) is 11.5 Å². The molecule has 0 aliphatic carbocycles. The van der Waals surface area contributed by atoms with Crippen LogP contribution >= 0.6 is 0 Å². The second kappa shape index (κ2) is 5.77. The summed E-state index contributed by atoms with van der Waals surface area (Å²) < 4.78 is 10.6. The number of amides is 1. The smallest absolute Gasteiger partial charge is 0.246 e. The summed E-state index contributed by atoms with van der Waals surface area (Å²) in [7, 11) is 0. The lowest BCUT2D eigenvalue weighted by molar-refractivity contribution is -0.126. The molecule has 2 aliphatic rings. The molecular weight excluding hydrogens is 268 g/mol. The zero-order valence-electron chi connectivity index (χ0n) is 12.1. The summed E-state index contributed by atoms with van der Waals surface area (Å²) in [6, 6.07) is 5.90. The first-order valence-corrected chi connectivity index (χ1v) is 7.26. The molecule has 1 aromatic carbocycles. The van der Waals surface area contributed by atoms with E-state index in [1.807, 2.05) is 29.2 Å². The van der Waals surface area contributed by atoms with Crippen molar-refractivity contribution in [1.29, 1.82) is 0 Å². The number of nitrogens with zero attached hydrogens (tertiary/aromatic N) is 1. The van der Waals surface area contributed by atoms with Gasteiger partial charge in [0.2, 0.25) is 12.7 Å². The Morgan fingerprint density at radius 2 is 2.24 bits per heavy atom. The van der Waals surface area contributed by atoms with Gasteiger partial charge >= 0.3 is 0 Å². The largest absolute Gasteiger partial charge is 0.454 e. The van der Waals surface area contributed by atoms with Gasteiger partial charge in [-0.15, -0.1) is 0 Å². The highest BCUT2D eigenvalue weighted by Gasteiger charge is 2.30. The molecule has 0 saturated carbocycles. The van der Waals surface area contributed by atoms with Crippen LogP contribution in [0.25, 0.3) is 6.08 Å². The molecule has 1 amide bonds. The van der Waals surface area contributed by atoms with Crippen molar-refractivity contribution in [1.82, 2.24) is 4.90 Å². The number of hydrogen-bond acceptors (Lipinski definition) is 4. The number of carbonyl (C=O) groups excluding carboxylic acids is 1. The van der Waals surface area contributed by atoms with E-state index in [0.717, 1.165) is 30.0 Å². The van der Waals surface area contributed by atoms with Crippen molar-refractivity contribution in [2.24, 2.45) is 11.7 Å². The molecule has 1 fully saturated rings. The first-order chi connectivity index (χ1) is 10.2. The topological polar surface area (TPSA) is 64.8 Å². The Hall–Kier alpha value is -2.01. The van der Waals surface area contributed by atoms with Crippen LogP contribution in [0.3, 0.4) is 0 Å². The van der Waals surface area contributed by atoms with E-state index in [9.17, 15) is 4.79 Å². The predicted molar refractivity (Wildman–Crippen MR) is 79.9 cm³/mol. The molecule has 3 rings (SSSR count). The van der Waals surface area contributed by atoms with Gasteiger partial charge in [0.25, 0.3) is 0 Å². The molecule has 0 spiro atoms. The summed E-state index contributed by atoms with van der Waals surface area (Å²) >= 11 is 0. The summed E-state index contributed by atoms with van der Waals surface area (Å²) in [5.41, 5.74) is 6.62. The molecule has 0 radical (unpaired) electrons. The molecule has 2 unspecified atom stereocenters. The maximum atomic E-state index is 12.3. The number of carbonyl (C=O) groups is 1. The Morgan fingerprint density at radius 1 is 1.43 bits per heavy atom. The molecule has 5 nitrogen and oxygen atoms in total. The highest BCUT2D eigenvalue weighted by Crippen LogP contribution is 2.32. The van der Waals surface area contributed by atoms with Crippen LogP contribution in [-0.4, -0.2) is 36.7 Å². The highest BCUT2D eigenvalue weighted by atomic mass is 16.7. The van der Waals surface area contributed by atoms with Crippen LogP contribution in [0.1, 0.15) is 18.9 Å². The number of nitrogens with two attached hydrogens (primary N) is 1. The quantitative estimate of drug-likeness (QED) is 0.859. The minimum atomic E-state index is 0.0381. The minimum Gasteiger partial charge on any atom is -0.454 e. The van der Waals surface area contributed by atoms with Gasteiger partial charge in [-0.1, -0.05) is 6.07 Å². The summed E-state index contributed by atoms with van der Waals surface area (Å²) in [4.78, 5) is 14.2. The minimum absolute atomic E-state index is 0.0381. The average molecular weight is 288 g/mol. The SMILES string of the molecule is CC1CC(CN)CN1C(=O)/C=C/c1ccc2c(c1)OCO2. The van der Waals surface area contributed by atoms with E-state index in [-0.39, 0.29) is 18.7 Å². The molecule has 0 aromatic heterocycles. The van der Waals surface area contributed by atoms with Gasteiger partial charge in [0, 0.05) is 18.7 Å². The first-order valence-electron chi connectivity index (χ1n) is 7.26. The lowest BCUT2D eigenvalue weighted by Gasteiger charge is -2.19. The van der Waals surface area contributed by atoms with Crippen molar-refractivity contribution >= 4 is 12.0 Å². The Labute approximate surface area is 124 Å². The molecule has 2 atom stereocenters. The van der Waals surface area contributed by atoms with Crippen molar-refractivity contribution in [3.05, 3.63) is 29.8 Å². The summed E-state index contributed by atoms with van der Waals surface area (Å²) in [6.45, 7) is 3.72. The van der Waals surface area contributed by atoms with E-state index in [4.69, 9.17) is 15.2 Å². The van der Waals surface area contributed by atoms with Crippen molar-refractivity contribution in [2.45, 2.75) is 19.4 Å². The third-order valence-corrected chi connectivity index (χ3v) is 4.09. The van der Waals surface area contributed by atoms with E-state index in [1.54, 1.807) is 6.08 Å². The molecule has 0 bridgehead atoms. The first kappa shape index (κ1) is 13.9. The van der Waals surface area contributed by atoms with E-state index in [0.29, 0.717) is 12.5 Å². The van der Waals surface area contributed by atoms with Gasteiger partial charge in [0.05, 0.1) is 0 Å². The number of benzene rings is 1. The van der Waals surface area contributed by atoms with Crippen LogP contribution in [-0.2, 0) is 4.79 Å². The van der Waals surface area contributed by atoms with Crippen LogP contribution < -0.4 is 15.2 Å². The van der Waals surface area contributed by atoms with Crippen molar-refractivity contribution in [3.63, 3.8) is 0 Å². The van der Waals surface area contributed by atoms with Crippen LogP contribution in [0, 0.1) is 5.92 Å². The Balaban J connectivity index is 1.67. The molecule has 112 valence electrons. The van der Waals surface area contributed by atoms with Gasteiger partial charge in [0.1, 0.15) is 0 Å². The third-order valence-electron chi connectivity index (χ3n) is 4.09. The predicted octanol–water partition coefficient (Wildman–Crippen LogP) is 1.62. The molecule has 21 heavy (non-hydrogen) atoms. The van der Waals surface area contributed by atoms with Gasteiger partial charge in [-0.3, -0.25) is 4.79 Å². The fraction of sp³-hybridized carbons (Fsp3) is 0.438. The second-order valence-corrected chi connectivity index (χ2v) is 5.62. The van der Waals surface area contributed by atoms with Crippen molar-refractivity contribution in [3.8, 4) is 11.5 Å². The number of rotatable bonds is 3. The second-order valence-electron chi connectivity index (χ2n) is 5.62. The summed E-state index contributed by atoms with van der Waals surface area (Å²) in [5.74, 6) is 1.93. The van der Waals surface area contributed by atoms with E-state index >= 15 is 0 Å². The monoisotopic (exact) mass is 288 g/mol. The molecule has 2 aliphatic heterocycles. The zero-order valence-corrected chi connectivity index (χ0v) is 12.1. The van der Waals surface area contributed by atoms with Crippen LogP contribution in [0.4, 0.5) is 0 Å². The molecule has 1 saturated heterocycles. The highest BCUT2D eigenvalue weighted by molar-refractivity contribution is 5.92. The Bertz CT molecular complexity index is 571. The van der Waals surface area contributed by atoms with Gasteiger partial charge in [-0.05, 0) is 49.6 Å². The molecular formula is C16H20N2O3. The maximum absolute atomic E-state index is 12.3. The molecule has 1 aromatic rings. The zero-order chi connectivity index (χ0) is 14.8. The Morgan fingerprint density at radius 3 is 3.00 bits per heavy atom. The lowest BCUT2D eigenvalue weighted by atomic mass is 10.1. The number of hydrogen-bond donors (Lipinski definition) is 1. The standard InChI is InChI=1S/C16H20N2O3/c1-11-6-13(8-17)9-18(11)16(19)5-3-12-2-4-14-15(7-12)21-10-20-14/h2-5,7,11,13H,6,8-10,17H2,1H3/b5-3+. The normalized spacial score (nSPS) is 24.0. The van der Waals surface area contributed by atoms with E-state index < -0.39 is 0 Å². The molecule has 2 heterocycles. The van der Waals surface area contributed by atoms with Crippen LogP contribution in [0.5, 0.6) is 11.5 Å². The van der Waals surface area contributed by atoms with Crippen LogP contribution in [0.15, 0.2) is 24.3 Å². The van der Waals surface area contributed by atoms with E-state index in [1.165, 1.54) is 0 Å². The number of likely N-dealkylation sites (tertiary alicyclic amines) is 1.